The Morgan fingerprint density at radius 2 is 1.73 bits per heavy atom. The molecule has 0 bridgehead atoms. The fraction of sp³-hybridized carbons (Fsp3) is 0. The molecule has 0 fully saturated rings. The Bertz CT molecular complexity index is 413. The summed E-state index contributed by atoms with van der Waals surface area (Å²) in [6, 6.07) is 2.95. The highest BCUT2D eigenvalue weighted by atomic mass is 35.5. The predicted molar refractivity (Wildman–Crippen MR) is 66.9 cm³/mol. The van der Waals surface area contributed by atoms with E-state index in [1.165, 1.54) is 12.1 Å². The average Bonchev–Trinajstić information content (AvgIpc) is 2.10. The number of rotatable bonds is 1. The summed E-state index contributed by atoms with van der Waals surface area (Å²) in [7, 11) is 0. The summed E-state index contributed by atoms with van der Waals surface area (Å²) >= 11 is 22.1. The second-order valence-corrected chi connectivity index (χ2v) is 4.22. The maximum absolute atomic E-state index is 10.7. The molecular formula is C8H5Cl3N2OS. The SMILES string of the molecule is NC(=O)C(=S)Nc1c(Cl)cc(Cl)cc1Cl. The third-order valence-corrected chi connectivity index (χ3v) is 2.59. The number of nitrogens with two attached hydrogens (primary N) is 1. The van der Waals surface area contributed by atoms with E-state index in [1.54, 1.807) is 0 Å². The van der Waals surface area contributed by atoms with Gasteiger partial charge in [-0.25, -0.2) is 0 Å². The van der Waals surface area contributed by atoms with Gasteiger partial charge in [0.05, 0.1) is 15.7 Å². The van der Waals surface area contributed by atoms with Gasteiger partial charge in [0.25, 0.3) is 5.91 Å². The number of hydrogen-bond donors (Lipinski definition) is 2. The maximum Gasteiger partial charge on any atom is 0.276 e. The van der Waals surface area contributed by atoms with Gasteiger partial charge in [0, 0.05) is 5.02 Å². The number of hydrogen-bond acceptors (Lipinski definition) is 2. The zero-order valence-corrected chi connectivity index (χ0v) is 10.3. The smallest absolute Gasteiger partial charge is 0.276 e. The summed E-state index contributed by atoms with van der Waals surface area (Å²) in [5.74, 6) is -0.757. The van der Waals surface area contributed by atoms with Crippen molar-refractivity contribution in [2.45, 2.75) is 0 Å². The largest absolute Gasteiger partial charge is 0.364 e. The molecule has 1 amide bonds. The highest BCUT2D eigenvalue weighted by Crippen LogP contribution is 2.33. The van der Waals surface area contributed by atoms with Gasteiger partial charge in [-0.2, -0.15) is 0 Å². The van der Waals surface area contributed by atoms with E-state index in [4.69, 9.17) is 40.5 Å². The molecule has 0 atom stereocenters. The summed E-state index contributed by atoms with van der Waals surface area (Å²) in [5, 5.41) is 3.45. The Morgan fingerprint density at radius 1 is 1.27 bits per heavy atom. The van der Waals surface area contributed by atoms with E-state index in [2.05, 4.69) is 17.5 Å². The number of benzene rings is 1. The first-order valence-electron chi connectivity index (χ1n) is 3.67. The maximum atomic E-state index is 10.7. The van der Waals surface area contributed by atoms with Crippen LogP contribution in [-0.2, 0) is 4.79 Å². The Balaban J connectivity index is 3.05. The number of anilines is 1. The van der Waals surface area contributed by atoms with Crippen LogP contribution in [-0.4, -0.2) is 10.9 Å². The molecule has 0 unspecified atom stereocenters. The van der Waals surface area contributed by atoms with E-state index >= 15 is 0 Å². The van der Waals surface area contributed by atoms with Crippen LogP contribution in [0.15, 0.2) is 12.1 Å². The molecule has 0 heterocycles. The molecule has 0 spiro atoms. The minimum absolute atomic E-state index is 0.166. The van der Waals surface area contributed by atoms with Crippen LogP contribution in [0.5, 0.6) is 0 Å². The third kappa shape index (κ3) is 3.21. The van der Waals surface area contributed by atoms with Gasteiger partial charge in [-0.3, -0.25) is 4.79 Å². The zero-order chi connectivity index (χ0) is 11.6. The van der Waals surface area contributed by atoms with E-state index in [9.17, 15) is 4.79 Å². The fourth-order valence-corrected chi connectivity index (χ4v) is 1.85. The van der Waals surface area contributed by atoms with Crippen molar-refractivity contribution in [2.75, 3.05) is 5.32 Å². The van der Waals surface area contributed by atoms with Gasteiger partial charge in [0.1, 0.15) is 0 Å². The van der Waals surface area contributed by atoms with Crippen molar-refractivity contribution in [1.82, 2.24) is 0 Å². The number of amides is 1. The molecule has 0 saturated carbocycles. The first-order chi connectivity index (χ1) is 6.91. The fourth-order valence-electron chi connectivity index (χ4n) is 0.837. The van der Waals surface area contributed by atoms with Crippen LogP contribution < -0.4 is 11.1 Å². The summed E-state index contributed by atoms with van der Waals surface area (Å²) < 4.78 is 0. The van der Waals surface area contributed by atoms with Crippen molar-refractivity contribution in [3.8, 4) is 0 Å². The van der Waals surface area contributed by atoms with Gasteiger partial charge in [-0.05, 0) is 12.1 Å². The second kappa shape index (κ2) is 4.99. The number of carbonyl (C=O) groups excluding carboxylic acids is 1. The Hall–Kier alpha value is -0.550. The first kappa shape index (κ1) is 12.5. The molecule has 1 rings (SSSR count). The van der Waals surface area contributed by atoms with Crippen LogP contribution in [0.25, 0.3) is 0 Å². The molecule has 3 N–H and O–H groups in total. The molecule has 7 heteroatoms. The van der Waals surface area contributed by atoms with Crippen molar-refractivity contribution in [2.24, 2.45) is 5.73 Å². The number of halogens is 3. The van der Waals surface area contributed by atoms with Gasteiger partial charge in [0.15, 0.2) is 4.99 Å². The van der Waals surface area contributed by atoms with Crippen molar-refractivity contribution in [1.29, 1.82) is 0 Å². The third-order valence-electron chi connectivity index (χ3n) is 1.47. The molecule has 0 radical (unpaired) electrons. The van der Waals surface area contributed by atoms with E-state index in [1.807, 2.05) is 0 Å². The van der Waals surface area contributed by atoms with Crippen LogP contribution in [0, 0.1) is 0 Å². The molecule has 0 aliphatic heterocycles. The Labute approximate surface area is 106 Å². The van der Waals surface area contributed by atoms with Crippen LogP contribution in [0.3, 0.4) is 0 Å². The van der Waals surface area contributed by atoms with Gasteiger partial charge in [0.2, 0.25) is 0 Å². The van der Waals surface area contributed by atoms with E-state index in [0.717, 1.165) is 0 Å². The summed E-state index contributed by atoms with van der Waals surface area (Å²) in [6.07, 6.45) is 0. The lowest BCUT2D eigenvalue weighted by molar-refractivity contribution is -0.111. The number of thiocarbonyl (C=S) groups is 1. The molecule has 0 aromatic heterocycles. The lowest BCUT2D eigenvalue weighted by atomic mass is 10.3. The average molecular weight is 284 g/mol. The van der Waals surface area contributed by atoms with Gasteiger partial charge >= 0.3 is 0 Å². The van der Waals surface area contributed by atoms with Crippen molar-refractivity contribution >= 4 is 63.6 Å². The highest BCUT2D eigenvalue weighted by molar-refractivity contribution is 7.82. The van der Waals surface area contributed by atoms with Crippen LogP contribution in [0.1, 0.15) is 0 Å². The van der Waals surface area contributed by atoms with Gasteiger partial charge in [-0.1, -0.05) is 47.0 Å². The second-order valence-electron chi connectivity index (χ2n) is 2.56. The van der Waals surface area contributed by atoms with Crippen LogP contribution in [0.4, 0.5) is 5.69 Å². The van der Waals surface area contributed by atoms with Gasteiger partial charge < -0.3 is 11.1 Å². The molecule has 0 saturated heterocycles. The molecule has 15 heavy (non-hydrogen) atoms. The number of carbonyl (C=O) groups is 1. The summed E-state index contributed by atoms with van der Waals surface area (Å²) in [5.41, 5.74) is 5.27. The van der Waals surface area contributed by atoms with Crippen molar-refractivity contribution in [3.05, 3.63) is 27.2 Å². The molecular weight excluding hydrogens is 279 g/mol. The quantitative estimate of drug-likeness (QED) is 0.779. The summed E-state index contributed by atoms with van der Waals surface area (Å²) in [4.78, 5) is 10.5. The molecule has 0 aliphatic rings. The van der Waals surface area contributed by atoms with Crippen molar-refractivity contribution in [3.63, 3.8) is 0 Å². The molecule has 1 aromatic rings. The predicted octanol–water partition coefficient (Wildman–Crippen LogP) is 2.87. The topological polar surface area (TPSA) is 55.1 Å². The minimum atomic E-state index is -0.757. The Kier molecular flexibility index (Phi) is 4.16. The Morgan fingerprint density at radius 3 is 2.13 bits per heavy atom. The molecule has 0 aliphatic carbocycles. The standard InChI is InChI=1S/C8H5Cl3N2OS/c9-3-1-4(10)6(5(11)2-3)13-8(15)7(12)14/h1-2H,(H2,12,14)(H,13,15). The lowest BCUT2D eigenvalue weighted by Crippen LogP contribution is -2.28. The zero-order valence-electron chi connectivity index (χ0n) is 7.18. The first-order valence-corrected chi connectivity index (χ1v) is 5.21. The van der Waals surface area contributed by atoms with Gasteiger partial charge in [-0.15, -0.1) is 0 Å². The monoisotopic (exact) mass is 282 g/mol. The minimum Gasteiger partial charge on any atom is -0.364 e. The number of nitrogens with one attached hydrogen (secondary N) is 1. The normalized spacial score (nSPS) is 9.80. The lowest BCUT2D eigenvalue weighted by Gasteiger charge is -2.09. The van der Waals surface area contributed by atoms with E-state index in [-0.39, 0.29) is 15.0 Å². The highest BCUT2D eigenvalue weighted by Gasteiger charge is 2.11. The van der Waals surface area contributed by atoms with Crippen LogP contribution in [0.2, 0.25) is 15.1 Å². The molecule has 1 aromatic carbocycles. The molecule has 80 valence electrons. The molecule has 3 nitrogen and oxygen atoms in total. The van der Waals surface area contributed by atoms with E-state index < -0.39 is 5.91 Å². The van der Waals surface area contributed by atoms with Crippen LogP contribution >= 0.6 is 47.0 Å². The van der Waals surface area contributed by atoms with E-state index in [0.29, 0.717) is 10.7 Å². The van der Waals surface area contributed by atoms with Crippen molar-refractivity contribution < 1.29 is 4.79 Å². The number of primary amides is 1. The summed E-state index contributed by atoms with van der Waals surface area (Å²) in [6.45, 7) is 0.